The van der Waals surface area contributed by atoms with Crippen molar-refractivity contribution >= 4 is 17.3 Å². The lowest BCUT2D eigenvalue weighted by Crippen LogP contribution is -2.69. The van der Waals surface area contributed by atoms with Gasteiger partial charge in [-0.1, -0.05) is 19.7 Å². The van der Waals surface area contributed by atoms with Gasteiger partial charge in [0, 0.05) is 0 Å². The fraction of sp³-hybridized carbons (Fsp3) is 0.471. The Balaban J connectivity index is 6.76. The first-order valence-electron chi connectivity index (χ1n) is 7.07. The molecule has 134 valence electrons. The first-order valence-corrected chi connectivity index (χ1v) is 7.07. The molecule has 0 saturated heterocycles. The van der Waals surface area contributed by atoms with Gasteiger partial charge in [-0.15, -0.1) is 0 Å². The summed E-state index contributed by atoms with van der Waals surface area (Å²) in [5.74, 6) is -3.53. The third-order valence-corrected chi connectivity index (χ3v) is 3.91. The molecule has 7 nitrogen and oxygen atoms in total. The van der Waals surface area contributed by atoms with Gasteiger partial charge in [0.2, 0.25) is 5.60 Å². The standard InChI is InChI=1S/C17H24O7/c1-9(2)12(20)15(23)16(7-18,8-19)17(24,13(21)10(3)4)14(22)11(5)6/h15,18-19,23-24H,1,3,5,7-8H2,2,4,6H3. The highest BCUT2D eigenvalue weighted by molar-refractivity contribution is 6.22. The molecule has 0 radical (unpaired) electrons. The molecule has 0 aliphatic rings. The first-order chi connectivity index (χ1) is 10.8. The largest absolute Gasteiger partial charge is 0.395 e. The zero-order valence-electron chi connectivity index (χ0n) is 14.1. The smallest absolute Gasteiger partial charge is 0.202 e. The van der Waals surface area contributed by atoms with Crippen LogP contribution in [-0.4, -0.2) is 62.7 Å². The van der Waals surface area contributed by atoms with E-state index in [1.165, 1.54) is 20.8 Å². The average molecular weight is 340 g/mol. The number of aliphatic hydroxyl groups is 4. The molecule has 0 bridgehead atoms. The van der Waals surface area contributed by atoms with E-state index < -0.39 is 47.7 Å². The third kappa shape index (κ3) is 3.29. The second kappa shape index (κ2) is 7.76. The summed E-state index contributed by atoms with van der Waals surface area (Å²) in [7, 11) is 0. The van der Waals surface area contributed by atoms with Crippen LogP contribution in [0.3, 0.4) is 0 Å². The minimum atomic E-state index is -3.13. The van der Waals surface area contributed by atoms with E-state index in [1.807, 2.05) is 0 Å². The predicted molar refractivity (Wildman–Crippen MR) is 87.0 cm³/mol. The summed E-state index contributed by atoms with van der Waals surface area (Å²) < 4.78 is 0. The zero-order chi connectivity index (χ0) is 19.5. The Labute approximate surface area is 140 Å². The van der Waals surface area contributed by atoms with Crippen molar-refractivity contribution < 1.29 is 34.8 Å². The lowest BCUT2D eigenvalue weighted by Gasteiger charge is -2.45. The Bertz CT molecular complexity index is 570. The number of Topliss-reactive ketones (excluding diaryl/α,β-unsaturated/α-hetero) is 3. The van der Waals surface area contributed by atoms with E-state index in [2.05, 4.69) is 19.7 Å². The molecule has 0 rings (SSSR count). The van der Waals surface area contributed by atoms with Gasteiger partial charge >= 0.3 is 0 Å². The molecule has 0 heterocycles. The van der Waals surface area contributed by atoms with Crippen LogP contribution in [0.2, 0.25) is 0 Å². The normalized spacial score (nSPS) is 13.1. The van der Waals surface area contributed by atoms with Crippen molar-refractivity contribution in [1.82, 2.24) is 0 Å². The molecule has 0 aliphatic carbocycles. The lowest BCUT2D eigenvalue weighted by molar-refractivity contribution is -0.192. The summed E-state index contributed by atoms with van der Waals surface area (Å²) in [5, 5.41) is 40.8. The van der Waals surface area contributed by atoms with Crippen molar-refractivity contribution in [2.75, 3.05) is 13.2 Å². The van der Waals surface area contributed by atoms with Gasteiger partial charge in [-0.2, -0.15) is 0 Å². The van der Waals surface area contributed by atoms with Crippen LogP contribution in [0.25, 0.3) is 0 Å². The molecule has 0 aliphatic heterocycles. The van der Waals surface area contributed by atoms with Crippen LogP contribution in [0, 0.1) is 5.41 Å². The van der Waals surface area contributed by atoms with Crippen LogP contribution in [0.15, 0.2) is 36.5 Å². The Morgan fingerprint density at radius 1 is 0.875 bits per heavy atom. The van der Waals surface area contributed by atoms with Gasteiger partial charge in [-0.3, -0.25) is 14.4 Å². The minimum absolute atomic E-state index is 0.151. The Morgan fingerprint density at radius 2 is 1.21 bits per heavy atom. The van der Waals surface area contributed by atoms with E-state index in [4.69, 9.17) is 0 Å². The summed E-state index contributed by atoms with van der Waals surface area (Å²) in [6.45, 7) is 11.2. The second-order valence-electron chi connectivity index (χ2n) is 5.95. The molecule has 0 aromatic heterocycles. The van der Waals surface area contributed by atoms with E-state index in [0.717, 1.165) is 0 Å². The van der Waals surface area contributed by atoms with E-state index in [9.17, 15) is 34.8 Å². The minimum Gasteiger partial charge on any atom is -0.395 e. The first kappa shape index (κ1) is 22.1. The predicted octanol–water partition coefficient (Wildman–Crippen LogP) is -0.515. The van der Waals surface area contributed by atoms with Gasteiger partial charge in [0.25, 0.3) is 0 Å². The fourth-order valence-corrected chi connectivity index (χ4v) is 2.31. The Kier molecular flexibility index (Phi) is 7.14. The summed E-state index contributed by atoms with van der Waals surface area (Å²) in [4.78, 5) is 37.1. The van der Waals surface area contributed by atoms with Crippen molar-refractivity contribution in [3.8, 4) is 0 Å². The van der Waals surface area contributed by atoms with Crippen molar-refractivity contribution in [1.29, 1.82) is 0 Å². The maximum absolute atomic E-state index is 12.5. The van der Waals surface area contributed by atoms with Gasteiger partial charge in [0.15, 0.2) is 17.3 Å². The summed E-state index contributed by atoms with van der Waals surface area (Å²) in [6, 6.07) is 0. The number of aliphatic hydroxyl groups excluding tert-OH is 3. The van der Waals surface area contributed by atoms with Crippen LogP contribution >= 0.6 is 0 Å². The topological polar surface area (TPSA) is 132 Å². The van der Waals surface area contributed by atoms with Crippen LogP contribution < -0.4 is 0 Å². The number of hydrogen-bond donors (Lipinski definition) is 4. The highest BCUT2D eigenvalue weighted by atomic mass is 16.3. The number of ketones is 3. The molecular formula is C17H24O7. The number of rotatable bonds is 10. The van der Waals surface area contributed by atoms with Gasteiger partial charge in [0.1, 0.15) is 6.10 Å². The van der Waals surface area contributed by atoms with Crippen molar-refractivity contribution in [3.05, 3.63) is 36.5 Å². The van der Waals surface area contributed by atoms with E-state index in [0.29, 0.717) is 0 Å². The molecular weight excluding hydrogens is 316 g/mol. The molecule has 1 unspecified atom stereocenters. The maximum Gasteiger partial charge on any atom is 0.202 e. The monoisotopic (exact) mass is 340 g/mol. The van der Waals surface area contributed by atoms with Crippen LogP contribution in [0.1, 0.15) is 20.8 Å². The molecule has 0 spiro atoms. The molecule has 0 saturated carbocycles. The molecule has 1 atom stereocenters. The second-order valence-corrected chi connectivity index (χ2v) is 5.95. The summed E-state index contributed by atoms with van der Waals surface area (Å²) in [6.07, 6.45) is -2.26. The van der Waals surface area contributed by atoms with Gasteiger partial charge in [-0.25, -0.2) is 0 Å². The van der Waals surface area contributed by atoms with Crippen molar-refractivity contribution in [3.63, 3.8) is 0 Å². The lowest BCUT2D eigenvalue weighted by atomic mass is 9.61. The van der Waals surface area contributed by atoms with Crippen LogP contribution in [-0.2, 0) is 14.4 Å². The Hall–Kier alpha value is -1.93. The number of hydrogen-bond acceptors (Lipinski definition) is 7. The molecule has 0 fully saturated rings. The quantitative estimate of drug-likeness (QED) is 0.311. The van der Waals surface area contributed by atoms with E-state index in [-0.39, 0.29) is 16.7 Å². The summed E-state index contributed by atoms with van der Waals surface area (Å²) in [5.41, 5.74) is -6.42. The molecule has 24 heavy (non-hydrogen) atoms. The molecule has 0 aromatic carbocycles. The van der Waals surface area contributed by atoms with Crippen LogP contribution in [0.4, 0.5) is 0 Å². The van der Waals surface area contributed by atoms with Crippen molar-refractivity contribution in [2.24, 2.45) is 5.41 Å². The van der Waals surface area contributed by atoms with Gasteiger partial charge in [0.05, 0.1) is 18.6 Å². The van der Waals surface area contributed by atoms with Crippen LogP contribution in [0.5, 0.6) is 0 Å². The highest BCUT2D eigenvalue weighted by Gasteiger charge is 2.64. The molecule has 0 aromatic rings. The summed E-state index contributed by atoms with van der Waals surface area (Å²) >= 11 is 0. The fourth-order valence-electron chi connectivity index (χ4n) is 2.31. The number of carbonyl (C=O) groups excluding carboxylic acids is 3. The van der Waals surface area contributed by atoms with Gasteiger partial charge in [-0.05, 0) is 37.5 Å². The molecule has 7 heteroatoms. The SMILES string of the molecule is C=C(C)C(=O)C(O)C(CO)(CO)C(O)(C(=O)C(=C)C)C(=O)C(=C)C. The van der Waals surface area contributed by atoms with E-state index in [1.54, 1.807) is 0 Å². The average Bonchev–Trinajstić information content (AvgIpc) is 2.52. The molecule has 4 N–H and O–H groups in total. The molecule has 0 amide bonds. The Morgan fingerprint density at radius 3 is 1.42 bits per heavy atom. The zero-order valence-corrected chi connectivity index (χ0v) is 14.1. The highest BCUT2D eigenvalue weighted by Crippen LogP contribution is 2.40. The maximum atomic E-state index is 12.5. The van der Waals surface area contributed by atoms with Gasteiger partial charge < -0.3 is 20.4 Å². The van der Waals surface area contributed by atoms with Crippen molar-refractivity contribution in [2.45, 2.75) is 32.5 Å². The number of carbonyl (C=O) groups is 3. The van der Waals surface area contributed by atoms with E-state index >= 15 is 0 Å². The third-order valence-electron chi connectivity index (χ3n) is 3.91.